The van der Waals surface area contributed by atoms with Gasteiger partial charge in [0.15, 0.2) is 18.0 Å². The molecule has 6 aromatic carbocycles. The first-order valence-electron chi connectivity index (χ1n) is 21.8. The molecular formula is C56H57N4O+. The van der Waals surface area contributed by atoms with Gasteiger partial charge < -0.3 is 4.74 Å². The van der Waals surface area contributed by atoms with Gasteiger partial charge in [0.2, 0.25) is 11.4 Å². The van der Waals surface area contributed by atoms with E-state index in [1.54, 1.807) is 0 Å². The van der Waals surface area contributed by atoms with E-state index in [4.69, 9.17) is 9.72 Å². The van der Waals surface area contributed by atoms with Crippen molar-refractivity contribution in [2.75, 3.05) is 0 Å². The average Bonchev–Trinajstić information content (AvgIpc) is 3.73. The summed E-state index contributed by atoms with van der Waals surface area (Å²) in [7, 11) is 0. The van der Waals surface area contributed by atoms with Gasteiger partial charge in [0.25, 0.3) is 0 Å². The van der Waals surface area contributed by atoms with Crippen molar-refractivity contribution in [3.63, 3.8) is 0 Å². The van der Waals surface area contributed by atoms with E-state index < -0.39 is 0 Å². The smallest absolute Gasteiger partial charge is 0.225 e. The Hall–Kier alpha value is -6.01. The maximum atomic E-state index is 7.10. The number of quaternary nitrogens is 2. The molecule has 306 valence electrons. The molecule has 1 unspecified atom stereocenters. The third-order valence-corrected chi connectivity index (χ3v) is 14.1. The number of pyridine rings is 1. The van der Waals surface area contributed by atoms with Gasteiger partial charge in [-0.05, 0) is 86.4 Å². The zero-order chi connectivity index (χ0) is 42.7. The lowest BCUT2D eigenvalue weighted by atomic mass is 9.65. The first-order valence-corrected chi connectivity index (χ1v) is 21.8. The molecular weight excluding hydrogens is 745 g/mol. The molecule has 2 aliphatic heterocycles. The fraction of sp³-hybridized carbons (Fsp3) is 0.250. The van der Waals surface area contributed by atoms with Gasteiger partial charge in [-0.1, -0.05) is 136 Å². The standard InChI is InChI=1S/C56H57N4O/c1-37(2)45-20-11-12-21-46(45)38-30-42(60-36-59(60,51-24-15-16-25-52(51)60)41-19-17-18-40(32-41)56(9,10)55(6,7)8)34-44(31-38)61-43-26-27-48-47-22-13-14-23-49(47)58(50(48)35-43)53-33-39(28-29-57-53)54(3,4)5/h11-37H,1-10H3/q+1/t59-,60?/m0/s1. The van der Waals surface area contributed by atoms with Gasteiger partial charge in [0, 0.05) is 59.4 Å². The van der Waals surface area contributed by atoms with Crippen LogP contribution in [0.1, 0.15) is 91.8 Å². The average molecular weight is 802 g/mol. The Morgan fingerprint density at radius 2 is 1.26 bits per heavy atom. The highest BCUT2D eigenvalue weighted by Gasteiger charge is 2.78. The van der Waals surface area contributed by atoms with E-state index in [2.05, 4.69) is 226 Å². The topological polar surface area (TPSA) is 27.1 Å². The number of rotatable bonds is 8. The number of ether oxygens (including phenoxy) is 1. The molecule has 10 rings (SSSR count). The summed E-state index contributed by atoms with van der Waals surface area (Å²) >= 11 is 0. The van der Waals surface area contributed by atoms with Crippen molar-refractivity contribution in [3.05, 3.63) is 175 Å². The number of nitrogens with zero attached hydrogens (tertiary/aromatic N) is 4. The third-order valence-electron chi connectivity index (χ3n) is 14.1. The van der Waals surface area contributed by atoms with Crippen molar-refractivity contribution in [1.82, 2.24) is 18.7 Å². The number of para-hydroxylation sites is 3. The summed E-state index contributed by atoms with van der Waals surface area (Å²) in [5.41, 5.74) is 13.6. The summed E-state index contributed by atoms with van der Waals surface area (Å²) in [5.74, 6) is 2.84. The molecule has 1 saturated heterocycles. The molecule has 8 aromatic rings. The van der Waals surface area contributed by atoms with Gasteiger partial charge in [-0.2, -0.15) is 9.18 Å². The lowest BCUT2D eigenvalue weighted by molar-refractivity contribution is 0.225. The van der Waals surface area contributed by atoms with Crippen molar-refractivity contribution in [2.45, 2.75) is 86.0 Å². The second-order valence-electron chi connectivity index (χ2n) is 20.1. The Balaban J connectivity index is 1.14. The van der Waals surface area contributed by atoms with Crippen LogP contribution in [0.15, 0.2) is 152 Å². The lowest BCUT2D eigenvalue weighted by Crippen LogP contribution is -2.46. The zero-order valence-electron chi connectivity index (χ0n) is 37.3. The van der Waals surface area contributed by atoms with Gasteiger partial charge >= 0.3 is 0 Å². The quantitative estimate of drug-likeness (QED) is 0.0869. The zero-order valence-corrected chi connectivity index (χ0v) is 37.3. The second kappa shape index (κ2) is 13.5. The maximum absolute atomic E-state index is 7.10. The molecule has 0 bridgehead atoms. The number of aromatic nitrogens is 2. The maximum Gasteiger partial charge on any atom is 0.225 e. The minimum Gasteiger partial charge on any atom is -0.457 e. The van der Waals surface area contributed by atoms with Crippen LogP contribution in [0.2, 0.25) is 0 Å². The van der Waals surface area contributed by atoms with Crippen LogP contribution >= 0.6 is 0 Å². The van der Waals surface area contributed by atoms with E-state index in [0.717, 1.165) is 33.9 Å². The van der Waals surface area contributed by atoms with Crippen molar-refractivity contribution < 1.29 is 4.74 Å². The molecule has 5 nitrogen and oxygen atoms in total. The van der Waals surface area contributed by atoms with Crippen LogP contribution < -0.4 is 13.9 Å². The van der Waals surface area contributed by atoms with E-state index in [-0.39, 0.29) is 16.2 Å². The molecule has 2 aliphatic rings. The largest absolute Gasteiger partial charge is 0.457 e. The summed E-state index contributed by atoms with van der Waals surface area (Å²) in [6, 6.07) is 53.5. The predicted octanol–water partition coefficient (Wildman–Crippen LogP) is 15.7. The summed E-state index contributed by atoms with van der Waals surface area (Å²) in [5, 5.41) is 2.36. The number of fused-ring (bicyclic) bond motifs is 7. The first-order chi connectivity index (χ1) is 29.0. The fourth-order valence-electron chi connectivity index (χ4n) is 9.66. The van der Waals surface area contributed by atoms with Crippen LogP contribution in [0.3, 0.4) is 0 Å². The molecule has 0 saturated carbocycles. The number of benzene rings is 6. The molecule has 0 spiro atoms. The molecule has 4 heterocycles. The molecule has 0 amide bonds. The minimum atomic E-state index is -0.0306. The molecule has 0 N–H and O–H groups in total. The Morgan fingerprint density at radius 1 is 0.574 bits per heavy atom. The van der Waals surface area contributed by atoms with Gasteiger partial charge in [-0.3, -0.25) is 4.57 Å². The Kier molecular flexibility index (Phi) is 8.66. The van der Waals surface area contributed by atoms with Crippen molar-refractivity contribution in [3.8, 4) is 28.4 Å². The molecule has 2 aromatic heterocycles. The SMILES string of the molecule is CC(C)c1ccccc1-c1cc(Oc2ccc3c4ccccc4n(-c4cc(C(C)(C)C)ccn4)c3c2)cc([N+]23[CH-][N@+]2(c2cccc(C(C)(C)C(C)(C)C)c2)c2ccccc23)c1. The lowest BCUT2D eigenvalue weighted by Gasteiger charge is -2.42. The molecule has 1 fully saturated rings. The molecule has 0 aliphatic carbocycles. The highest BCUT2D eigenvalue weighted by molar-refractivity contribution is 6.09. The van der Waals surface area contributed by atoms with Crippen LogP contribution in [0, 0.1) is 12.1 Å². The van der Waals surface area contributed by atoms with Crippen molar-refractivity contribution in [2.24, 2.45) is 5.41 Å². The van der Waals surface area contributed by atoms with Crippen LogP contribution in [0.25, 0.3) is 38.8 Å². The fourth-order valence-corrected chi connectivity index (χ4v) is 9.66. The van der Waals surface area contributed by atoms with E-state index in [1.165, 1.54) is 55.8 Å². The monoisotopic (exact) mass is 801 g/mol. The highest BCUT2D eigenvalue weighted by atomic mass is 16.5. The van der Waals surface area contributed by atoms with Gasteiger partial charge in [0.1, 0.15) is 17.3 Å². The van der Waals surface area contributed by atoms with Gasteiger partial charge in [0.05, 0.1) is 11.0 Å². The first kappa shape index (κ1) is 39.1. The third kappa shape index (κ3) is 5.85. The Morgan fingerprint density at radius 3 is 2.00 bits per heavy atom. The Labute approximate surface area is 361 Å². The van der Waals surface area contributed by atoms with Crippen LogP contribution in [-0.2, 0) is 10.8 Å². The van der Waals surface area contributed by atoms with Crippen molar-refractivity contribution >= 4 is 44.6 Å². The van der Waals surface area contributed by atoms with E-state index in [9.17, 15) is 0 Å². The van der Waals surface area contributed by atoms with Crippen molar-refractivity contribution in [1.29, 1.82) is 0 Å². The second-order valence-corrected chi connectivity index (χ2v) is 20.1. The summed E-state index contributed by atoms with van der Waals surface area (Å²) in [4.78, 5) is 4.93. The number of hydrogen-bond donors (Lipinski definition) is 0. The van der Waals surface area contributed by atoms with Crippen LogP contribution in [0.5, 0.6) is 11.5 Å². The summed E-state index contributed by atoms with van der Waals surface area (Å²) in [6.07, 6.45) is 1.93. The van der Waals surface area contributed by atoms with E-state index in [0.29, 0.717) is 15.1 Å². The van der Waals surface area contributed by atoms with E-state index >= 15 is 0 Å². The number of hydrogen-bond acceptors (Lipinski definition) is 2. The molecule has 61 heavy (non-hydrogen) atoms. The Bertz CT molecular complexity index is 3030. The molecule has 5 heteroatoms. The summed E-state index contributed by atoms with van der Waals surface area (Å²) < 4.78 is 10.6. The van der Waals surface area contributed by atoms with Gasteiger partial charge in [-0.15, -0.1) is 0 Å². The predicted molar refractivity (Wildman–Crippen MR) is 256 cm³/mol. The van der Waals surface area contributed by atoms with Gasteiger partial charge in [-0.25, -0.2) is 4.98 Å². The minimum absolute atomic E-state index is 0.0122. The van der Waals surface area contributed by atoms with Crippen LogP contribution in [0.4, 0.5) is 22.7 Å². The summed E-state index contributed by atoms with van der Waals surface area (Å²) in [6.45, 7) is 25.6. The highest BCUT2D eigenvalue weighted by Crippen LogP contribution is 2.75. The van der Waals surface area contributed by atoms with Crippen LogP contribution in [-0.4, -0.2) is 9.55 Å². The molecule has 2 atom stereocenters. The molecule has 0 radical (unpaired) electrons. The normalized spacial score (nSPS) is 18.5. The van der Waals surface area contributed by atoms with E-state index in [1.807, 2.05) is 6.20 Å².